The molecule has 1 saturated heterocycles. The van der Waals surface area contributed by atoms with Gasteiger partial charge in [-0.25, -0.2) is 4.98 Å². The molecular formula is C18H24N4OS. The summed E-state index contributed by atoms with van der Waals surface area (Å²) in [6, 6.07) is 10.2. The van der Waals surface area contributed by atoms with E-state index in [0.717, 1.165) is 43.4 Å². The number of aromatic nitrogens is 1. The number of amides is 1. The molecule has 0 bridgehead atoms. The van der Waals surface area contributed by atoms with Crippen LogP contribution in [-0.2, 0) is 11.2 Å². The van der Waals surface area contributed by atoms with Gasteiger partial charge in [0.05, 0.1) is 6.42 Å². The molecule has 1 atom stereocenters. The summed E-state index contributed by atoms with van der Waals surface area (Å²) in [5.74, 6) is 1.16. The van der Waals surface area contributed by atoms with Gasteiger partial charge in [-0.05, 0) is 30.5 Å². The van der Waals surface area contributed by atoms with Crippen LogP contribution in [0.2, 0.25) is 0 Å². The first-order chi connectivity index (χ1) is 11.7. The molecule has 0 saturated carbocycles. The van der Waals surface area contributed by atoms with Gasteiger partial charge in [-0.1, -0.05) is 12.1 Å². The molecule has 128 valence electrons. The van der Waals surface area contributed by atoms with E-state index in [1.807, 2.05) is 35.8 Å². The van der Waals surface area contributed by atoms with E-state index in [1.165, 1.54) is 0 Å². The van der Waals surface area contributed by atoms with Crippen LogP contribution < -0.4 is 10.2 Å². The van der Waals surface area contributed by atoms with Gasteiger partial charge in [0.25, 0.3) is 0 Å². The Balaban J connectivity index is 1.40. The third-order valence-corrected chi connectivity index (χ3v) is 5.08. The Labute approximate surface area is 147 Å². The third kappa shape index (κ3) is 4.79. The van der Waals surface area contributed by atoms with Crippen molar-refractivity contribution in [1.82, 2.24) is 15.2 Å². The van der Waals surface area contributed by atoms with E-state index >= 15 is 0 Å². The van der Waals surface area contributed by atoms with Crippen molar-refractivity contribution in [3.05, 3.63) is 46.8 Å². The number of nitrogens with one attached hydrogen (secondary N) is 1. The van der Waals surface area contributed by atoms with Crippen LogP contribution in [0, 0.1) is 0 Å². The number of nitrogens with zero attached hydrogens (tertiary/aromatic N) is 3. The lowest BCUT2D eigenvalue weighted by atomic mass is 10.2. The van der Waals surface area contributed by atoms with Gasteiger partial charge in [-0.2, -0.15) is 0 Å². The molecule has 0 aromatic carbocycles. The largest absolute Gasteiger partial charge is 0.354 e. The molecule has 2 aromatic heterocycles. The highest BCUT2D eigenvalue weighted by molar-refractivity contribution is 7.10. The van der Waals surface area contributed by atoms with Gasteiger partial charge in [0.15, 0.2) is 0 Å². The molecule has 1 fully saturated rings. The monoisotopic (exact) mass is 344 g/mol. The van der Waals surface area contributed by atoms with Crippen molar-refractivity contribution in [2.45, 2.75) is 19.4 Å². The molecular weight excluding hydrogens is 320 g/mol. The number of rotatable bonds is 6. The normalized spacial score (nSPS) is 16.8. The molecule has 1 N–H and O–H groups in total. The second-order valence-electron chi connectivity index (χ2n) is 6.20. The van der Waals surface area contributed by atoms with Crippen LogP contribution in [0.5, 0.6) is 0 Å². The first kappa shape index (κ1) is 16.9. The van der Waals surface area contributed by atoms with Gasteiger partial charge in [0.1, 0.15) is 5.82 Å². The van der Waals surface area contributed by atoms with Gasteiger partial charge in [0.2, 0.25) is 5.91 Å². The van der Waals surface area contributed by atoms with Crippen molar-refractivity contribution < 1.29 is 4.79 Å². The number of piperazine rings is 1. The Kier molecular flexibility index (Phi) is 5.82. The molecule has 2 aromatic rings. The molecule has 0 aliphatic carbocycles. The van der Waals surface area contributed by atoms with Crippen LogP contribution in [0.3, 0.4) is 0 Å². The zero-order chi connectivity index (χ0) is 16.8. The van der Waals surface area contributed by atoms with Crippen LogP contribution >= 0.6 is 11.3 Å². The van der Waals surface area contributed by atoms with Crippen LogP contribution in [0.15, 0.2) is 41.9 Å². The standard InChI is InChI=1S/C18H24N4OS/c1-15(20-18(23)13-16-5-4-12-24-16)14-21-8-10-22(11-9-21)17-6-2-3-7-19-17/h2-7,12,15H,8-11,13-14H2,1H3,(H,20,23)/t15-/m0/s1. The highest BCUT2D eigenvalue weighted by Crippen LogP contribution is 2.13. The van der Waals surface area contributed by atoms with Crippen LogP contribution in [0.1, 0.15) is 11.8 Å². The predicted molar refractivity (Wildman–Crippen MR) is 98.5 cm³/mol. The minimum Gasteiger partial charge on any atom is -0.354 e. The number of anilines is 1. The summed E-state index contributed by atoms with van der Waals surface area (Å²) in [6.45, 7) is 6.94. The number of carbonyl (C=O) groups is 1. The summed E-state index contributed by atoms with van der Waals surface area (Å²) in [4.78, 5) is 22.3. The predicted octanol–water partition coefficient (Wildman–Crippen LogP) is 2.01. The smallest absolute Gasteiger partial charge is 0.225 e. The van der Waals surface area contributed by atoms with Crippen LogP contribution in [0.25, 0.3) is 0 Å². The SMILES string of the molecule is C[C@@H](CN1CCN(c2ccccn2)CC1)NC(=O)Cc1cccs1. The third-order valence-electron chi connectivity index (χ3n) is 4.20. The summed E-state index contributed by atoms with van der Waals surface area (Å²) in [6.07, 6.45) is 2.32. The van der Waals surface area contributed by atoms with Crippen molar-refractivity contribution in [2.24, 2.45) is 0 Å². The summed E-state index contributed by atoms with van der Waals surface area (Å²) in [7, 11) is 0. The topological polar surface area (TPSA) is 48.5 Å². The molecule has 1 amide bonds. The fourth-order valence-electron chi connectivity index (χ4n) is 3.03. The van der Waals surface area contributed by atoms with E-state index < -0.39 is 0 Å². The lowest BCUT2D eigenvalue weighted by Crippen LogP contribution is -2.51. The average Bonchev–Trinajstić information content (AvgIpc) is 3.09. The summed E-state index contributed by atoms with van der Waals surface area (Å²) in [5.41, 5.74) is 0. The maximum Gasteiger partial charge on any atom is 0.225 e. The van der Waals surface area contributed by atoms with E-state index in [0.29, 0.717) is 6.42 Å². The molecule has 3 rings (SSSR count). The van der Waals surface area contributed by atoms with Crippen molar-refractivity contribution in [1.29, 1.82) is 0 Å². The minimum absolute atomic E-state index is 0.108. The van der Waals surface area contributed by atoms with E-state index in [-0.39, 0.29) is 11.9 Å². The second-order valence-corrected chi connectivity index (χ2v) is 7.23. The Morgan fingerprint density at radius 2 is 2.08 bits per heavy atom. The van der Waals surface area contributed by atoms with E-state index in [4.69, 9.17) is 0 Å². The second kappa shape index (κ2) is 8.26. The summed E-state index contributed by atoms with van der Waals surface area (Å²) >= 11 is 1.63. The lowest BCUT2D eigenvalue weighted by Gasteiger charge is -2.36. The van der Waals surface area contributed by atoms with Crippen molar-refractivity contribution in [2.75, 3.05) is 37.6 Å². The number of pyridine rings is 1. The quantitative estimate of drug-likeness (QED) is 0.871. The zero-order valence-electron chi connectivity index (χ0n) is 14.0. The lowest BCUT2D eigenvalue weighted by molar-refractivity contribution is -0.121. The Hall–Kier alpha value is -1.92. The summed E-state index contributed by atoms with van der Waals surface area (Å²) < 4.78 is 0. The number of carbonyl (C=O) groups excluding carboxylic acids is 1. The number of thiophene rings is 1. The molecule has 1 aliphatic rings. The molecule has 24 heavy (non-hydrogen) atoms. The molecule has 6 heteroatoms. The Bertz CT molecular complexity index is 624. The van der Waals surface area contributed by atoms with Crippen LogP contribution in [0.4, 0.5) is 5.82 Å². The van der Waals surface area contributed by atoms with Crippen molar-refractivity contribution in [3.63, 3.8) is 0 Å². The molecule has 5 nitrogen and oxygen atoms in total. The molecule has 1 aliphatic heterocycles. The van der Waals surface area contributed by atoms with Crippen molar-refractivity contribution in [3.8, 4) is 0 Å². The Morgan fingerprint density at radius 3 is 2.75 bits per heavy atom. The van der Waals surface area contributed by atoms with Gasteiger partial charge in [-0.3, -0.25) is 9.69 Å². The zero-order valence-corrected chi connectivity index (χ0v) is 14.8. The van der Waals surface area contributed by atoms with E-state index in [9.17, 15) is 4.79 Å². The highest BCUT2D eigenvalue weighted by atomic mass is 32.1. The minimum atomic E-state index is 0.108. The molecule has 0 spiro atoms. The van der Waals surface area contributed by atoms with Crippen molar-refractivity contribution >= 4 is 23.1 Å². The van der Waals surface area contributed by atoms with Gasteiger partial charge >= 0.3 is 0 Å². The molecule has 0 radical (unpaired) electrons. The highest BCUT2D eigenvalue weighted by Gasteiger charge is 2.20. The summed E-state index contributed by atoms with van der Waals surface area (Å²) in [5, 5.41) is 5.12. The average molecular weight is 344 g/mol. The van der Waals surface area contributed by atoms with Gasteiger partial charge in [0, 0.05) is 49.8 Å². The first-order valence-corrected chi connectivity index (χ1v) is 9.29. The number of hydrogen-bond acceptors (Lipinski definition) is 5. The number of hydrogen-bond donors (Lipinski definition) is 1. The van der Waals surface area contributed by atoms with E-state index in [2.05, 4.69) is 33.1 Å². The Morgan fingerprint density at radius 1 is 1.25 bits per heavy atom. The van der Waals surface area contributed by atoms with Gasteiger partial charge < -0.3 is 10.2 Å². The van der Waals surface area contributed by atoms with E-state index in [1.54, 1.807) is 11.3 Å². The van der Waals surface area contributed by atoms with Crippen LogP contribution in [-0.4, -0.2) is 54.6 Å². The molecule has 0 unspecified atom stereocenters. The maximum atomic E-state index is 12.1. The fraction of sp³-hybridized carbons (Fsp3) is 0.444. The maximum absolute atomic E-state index is 12.1. The molecule has 3 heterocycles. The van der Waals surface area contributed by atoms with Gasteiger partial charge in [-0.15, -0.1) is 11.3 Å². The first-order valence-electron chi connectivity index (χ1n) is 8.41. The fourth-order valence-corrected chi connectivity index (χ4v) is 3.73.